The van der Waals surface area contributed by atoms with Crippen LogP contribution in [0.2, 0.25) is 0 Å². The topological polar surface area (TPSA) is 140 Å². The van der Waals surface area contributed by atoms with Gasteiger partial charge in [-0.25, -0.2) is 23.8 Å². The van der Waals surface area contributed by atoms with Crippen molar-refractivity contribution in [2.75, 3.05) is 0 Å². The van der Waals surface area contributed by atoms with Gasteiger partial charge in [0.1, 0.15) is 30.1 Å². The van der Waals surface area contributed by atoms with E-state index in [0.717, 1.165) is 11.1 Å². The van der Waals surface area contributed by atoms with Crippen LogP contribution < -0.4 is 0 Å². The molecule has 0 aliphatic rings. The van der Waals surface area contributed by atoms with Gasteiger partial charge < -0.3 is 0 Å². The maximum Gasteiger partial charge on any atom is 0.312 e. The van der Waals surface area contributed by atoms with Gasteiger partial charge in [-0.3, -0.25) is 14.8 Å². The normalized spacial score (nSPS) is 11.6. The first-order valence-corrected chi connectivity index (χ1v) is 10.4. The summed E-state index contributed by atoms with van der Waals surface area (Å²) in [5.74, 6) is 0.430. The summed E-state index contributed by atoms with van der Waals surface area (Å²) in [5, 5.41) is 29.8. The smallest absolute Gasteiger partial charge is 0.258 e. The number of hydrogen-bond acceptors (Lipinski definition) is 8. The molecule has 0 bridgehead atoms. The van der Waals surface area contributed by atoms with Crippen molar-refractivity contribution in [3.63, 3.8) is 0 Å². The summed E-state index contributed by atoms with van der Waals surface area (Å²) < 4.78 is 6.53. The first-order valence-electron chi connectivity index (χ1n) is 10.4. The number of hydrogen-bond donors (Lipinski definition) is 0. The molecule has 0 aliphatic heterocycles. The zero-order valence-corrected chi connectivity index (χ0v) is 18.1. The predicted octanol–water partition coefficient (Wildman–Crippen LogP) is 2.55. The minimum atomic E-state index is -0.419. The summed E-state index contributed by atoms with van der Waals surface area (Å²) in [6, 6.07) is 11.5. The molecule has 34 heavy (non-hydrogen) atoms. The molecule has 0 N–H and O–H groups in total. The monoisotopic (exact) mass is 455 g/mol. The molecule has 13 heteroatoms. The average molecular weight is 455 g/mol. The zero-order chi connectivity index (χ0) is 23.4. The average Bonchev–Trinajstić information content (AvgIpc) is 3.59. The van der Waals surface area contributed by atoms with Gasteiger partial charge in [-0.05, 0) is 32.0 Å². The molecular formula is C21H17N11O2. The minimum Gasteiger partial charge on any atom is -0.258 e. The molecule has 5 aromatic heterocycles. The van der Waals surface area contributed by atoms with Crippen LogP contribution in [0.4, 0.5) is 5.69 Å². The Morgan fingerprint density at radius 3 is 2.62 bits per heavy atom. The van der Waals surface area contributed by atoms with E-state index in [4.69, 9.17) is 0 Å². The van der Waals surface area contributed by atoms with Crippen LogP contribution in [0.5, 0.6) is 0 Å². The quantitative estimate of drug-likeness (QED) is 0.285. The van der Waals surface area contributed by atoms with E-state index < -0.39 is 4.92 Å². The van der Waals surface area contributed by atoms with Crippen molar-refractivity contribution in [2.24, 2.45) is 0 Å². The van der Waals surface area contributed by atoms with Crippen LogP contribution in [-0.4, -0.2) is 53.8 Å². The van der Waals surface area contributed by atoms with E-state index in [0.29, 0.717) is 34.2 Å². The molecule has 0 saturated carbocycles. The maximum absolute atomic E-state index is 11.3. The van der Waals surface area contributed by atoms with Crippen LogP contribution in [0.1, 0.15) is 11.4 Å². The van der Waals surface area contributed by atoms with Crippen LogP contribution in [0.25, 0.3) is 33.9 Å². The Bertz CT molecular complexity index is 1690. The number of aryl methyl sites for hydroxylation is 1. The molecule has 0 saturated heterocycles. The van der Waals surface area contributed by atoms with Crippen molar-refractivity contribution >= 4 is 22.4 Å². The lowest BCUT2D eigenvalue weighted by molar-refractivity contribution is -0.386. The van der Waals surface area contributed by atoms with Crippen molar-refractivity contribution in [1.29, 1.82) is 0 Å². The highest BCUT2D eigenvalue weighted by molar-refractivity contribution is 5.89. The van der Waals surface area contributed by atoms with Crippen molar-refractivity contribution in [3.05, 3.63) is 76.6 Å². The Hall–Kier alpha value is -4.94. The fourth-order valence-electron chi connectivity index (χ4n) is 3.97. The molecule has 1 aromatic carbocycles. The lowest BCUT2D eigenvalue weighted by Gasteiger charge is -2.03. The van der Waals surface area contributed by atoms with Gasteiger partial charge in [-0.2, -0.15) is 15.3 Å². The number of aromatic nitrogens is 10. The highest BCUT2D eigenvalue weighted by Gasteiger charge is 2.22. The first-order chi connectivity index (χ1) is 16.5. The SMILES string of the molecule is Cc1nn(Cn2ccc(-c3nc4c5cnn(-c6ccccc6)c5ncn4n3)n2)c(C)c1[N+](=O)[O-]. The molecule has 5 heterocycles. The Balaban J connectivity index is 1.35. The second-order valence-electron chi connectivity index (χ2n) is 7.74. The van der Waals surface area contributed by atoms with Crippen LogP contribution in [0.3, 0.4) is 0 Å². The summed E-state index contributed by atoms with van der Waals surface area (Å²) in [5.41, 5.74) is 3.60. The standard InChI is InChI=1S/C21H17N11O2/c1-13-18(32(33)34)14(2)30(25-13)12-28-9-8-17(26-28)19-24-21-16-10-23-31(15-6-4-3-5-7-15)20(16)22-11-29(21)27-19/h3-11H,12H2,1-2H3. The van der Waals surface area contributed by atoms with Crippen LogP contribution in [-0.2, 0) is 6.67 Å². The van der Waals surface area contributed by atoms with Crippen LogP contribution in [0, 0.1) is 24.0 Å². The Morgan fingerprint density at radius 2 is 1.85 bits per heavy atom. The Labute approximate surface area is 191 Å². The van der Waals surface area contributed by atoms with Crippen LogP contribution in [0.15, 0.2) is 55.1 Å². The van der Waals surface area contributed by atoms with Crippen molar-refractivity contribution in [1.82, 2.24) is 48.9 Å². The largest absolute Gasteiger partial charge is 0.312 e. The summed E-state index contributed by atoms with van der Waals surface area (Å²) in [6.45, 7) is 3.51. The maximum atomic E-state index is 11.3. The van der Waals surface area contributed by atoms with E-state index in [-0.39, 0.29) is 12.4 Å². The van der Waals surface area contributed by atoms with E-state index in [1.807, 2.05) is 30.3 Å². The Kier molecular flexibility index (Phi) is 4.23. The zero-order valence-electron chi connectivity index (χ0n) is 18.1. The highest BCUT2D eigenvalue weighted by atomic mass is 16.6. The first kappa shape index (κ1) is 19.7. The fourth-order valence-corrected chi connectivity index (χ4v) is 3.97. The summed E-state index contributed by atoms with van der Waals surface area (Å²) >= 11 is 0. The minimum absolute atomic E-state index is 0.0157. The van der Waals surface area contributed by atoms with E-state index in [2.05, 4.69) is 30.4 Å². The summed E-state index contributed by atoms with van der Waals surface area (Å²) in [6.07, 6.45) is 5.07. The molecule has 168 valence electrons. The van der Waals surface area contributed by atoms with Gasteiger partial charge in [-0.1, -0.05) is 18.2 Å². The third-order valence-corrected chi connectivity index (χ3v) is 5.58. The molecule has 0 aliphatic carbocycles. The van der Waals surface area contributed by atoms with Crippen molar-refractivity contribution < 1.29 is 4.92 Å². The molecule has 6 rings (SSSR count). The van der Waals surface area contributed by atoms with Gasteiger partial charge in [0.25, 0.3) is 0 Å². The molecule has 0 amide bonds. The molecule has 6 aromatic rings. The van der Waals surface area contributed by atoms with Gasteiger partial charge in [0.05, 0.1) is 22.2 Å². The van der Waals surface area contributed by atoms with E-state index >= 15 is 0 Å². The fraction of sp³-hybridized carbons (Fsp3) is 0.143. The van der Waals surface area contributed by atoms with Crippen molar-refractivity contribution in [3.8, 4) is 17.2 Å². The highest BCUT2D eigenvalue weighted by Crippen LogP contribution is 2.23. The molecule has 0 unspecified atom stereocenters. The number of benzene rings is 1. The van der Waals surface area contributed by atoms with Gasteiger partial charge in [0.15, 0.2) is 11.3 Å². The molecule has 0 atom stereocenters. The van der Waals surface area contributed by atoms with Gasteiger partial charge in [-0.15, -0.1) is 5.10 Å². The van der Waals surface area contributed by atoms with Crippen LogP contribution >= 0.6 is 0 Å². The van der Waals surface area contributed by atoms with Crippen molar-refractivity contribution in [2.45, 2.75) is 20.5 Å². The summed E-state index contributed by atoms with van der Waals surface area (Å²) in [4.78, 5) is 20.0. The van der Waals surface area contributed by atoms with Gasteiger partial charge in [0.2, 0.25) is 5.82 Å². The molecule has 0 spiro atoms. The number of nitrogens with zero attached hydrogens (tertiary/aromatic N) is 11. The third-order valence-electron chi connectivity index (χ3n) is 5.58. The van der Waals surface area contributed by atoms with Gasteiger partial charge >= 0.3 is 5.69 Å². The lowest BCUT2D eigenvalue weighted by Crippen LogP contribution is -2.11. The molecule has 0 fully saturated rings. The molecule has 13 nitrogen and oxygen atoms in total. The number of fused-ring (bicyclic) bond motifs is 3. The predicted molar refractivity (Wildman–Crippen MR) is 120 cm³/mol. The lowest BCUT2D eigenvalue weighted by atomic mass is 10.3. The number of para-hydroxylation sites is 1. The Morgan fingerprint density at radius 1 is 1.03 bits per heavy atom. The molecular weight excluding hydrogens is 438 g/mol. The summed E-state index contributed by atoms with van der Waals surface area (Å²) in [7, 11) is 0. The number of nitro groups is 1. The molecule has 0 radical (unpaired) electrons. The van der Waals surface area contributed by atoms with Gasteiger partial charge in [0, 0.05) is 6.20 Å². The second-order valence-corrected chi connectivity index (χ2v) is 7.74. The number of rotatable bonds is 5. The van der Waals surface area contributed by atoms with E-state index in [9.17, 15) is 10.1 Å². The van der Waals surface area contributed by atoms with E-state index in [1.165, 1.54) is 0 Å². The van der Waals surface area contributed by atoms with E-state index in [1.54, 1.807) is 57.2 Å². The third kappa shape index (κ3) is 3.02. The second kappa shape index (κ2) is 7.30.